The lowest BCUT2D eigenvalue weighted by Gasteiger charge is -2.31. The zero-order valence-electron chi connectivity index (χ0n) is 18.0. The van der Waals surface area contributed by atoms with E-state index in [4.69, 9.17) is 23.2 Å². The van der Waals surface area contributed by atoms with Crippen molar-refractivity contribution in [2.24, 2.45) is 5.92 Å². The van der Waals surface area contributed by atoms with Crippen LogP contribution in [0.1, 0.15) is 29.5 Å². The van der Waals surface area contributed by atoms with Crippen molar-refractivity contribution in [3.8, 4) is 0 Å². The summed E-state index contributed by atoms with van der Waals surface area (Å²) < 4.78 is 27.6. The van der Waals surface area contributed by atoms with Crippen molar-refractivity contribution >= 4 is 55.6 Å². The van der Waals surface area contributed by atoms with E-state index in [-0.39, 0.29) is 18.2 Å². The van der Waals surface area contributed by atoms with E-state index in [1.165, 1.54) is 20.8 Å². The van der Waals surface area contributed by atoms with Gasteiger partial charge in [-0.15, -0.1) is 0 Å². The molecule has 3 aromatic carbocycles. The van der Waals surface area contributed by atoms with E-state index in [1.54, 1.807) is 18.2 Å². The molecule has 1 amide bonds. The Morgan fingerprint density at radius 1 is 1.00 bits per heavy atom. The highest BCUT2D eigenvalue weighted by atomic mass is 35.5. The molecule has 1 heterocycles. The maximum Gasteiger partial charge on any atom is 0.228 e. The van der Waals surface area contributed by atoms with Crippen LogP contribution < -0.4 is 5.32 Å². The number of piperidine rings is 1. The largest absolute Gasteiger partial charge is 0.325 e. The molecular weight excluding hydrogens is 479 g/mol. The molecular formula is C25H24Cl2N2O3S. The van der Waals surface area contributed by atoms with Gasteiger partial charge >= 0.3 is 0 Å². The van der Waals surface area contributed by atoms with Crippen molar-refractivity contribution in [1.82, 2.24) is 4.31 Å². The van der Waals surface area contributed by atoms with Crippen LogP contribution in [0.25, 0.3) is 10.8 Å². The normalized spacial score (nSPS) is 18.5. The molecule has 0 aromatic heterocycles. The highest BCUT2D eigenvalue weighted by Crippen LogP contribution is 2.35. The Labute approximate surface area is 203 Å². The quantitative estimate of drug-likeness (QED) is 0.505. The van der Waals surface area contributed by atoms with Crippen LogP contribution in [0.15, 0.2) is 48.5 Å². The summed E-state index contributed by atoms with van der Waals surface area (Å²) in [5.41, 5.74) is 3.80. The van der Waals surface area contributed by atoms with Gasteiger partial charge in [0.05, 0.1) is 11.7 Å². The molecule has 0 radical (unpaired) electrons. The van der Waals surface area contributed by atoms with Gasteiger partial charge in [-0.2, -0.15) is 0 Å². The first-order valence-corrected chi connectivity index (χ1v) is 13.4. The molecule has 1 aliphatic carbocycles. The molecule has 3 aromatic rings. The lowest BCUT2D eigenvalue weighted by molar-refractivity contribution is -0.120. The second kappa shape index (κ2) is 8.91. The minimum absolute atomic E-state index is 0.149. The third-order valence-electron chi connectivity index (χ3n) is 6.67. The van der Waals surface area contributed by atoms with Crippen LogP contribution >= 0.6 is 23.2 Å². The number of nitrogens with one attached hydrogen (secondary N) is 1. The molecule has 2 aliphatic rings. The van der Waals surface area contributed by atoms with Gasteiger partial charge in [0, 0.05) is 39.8 Å². The number of aryl methyl sites for hydroxylation is 2. The maximum atomic E-state index is 13.2. The van der Waals surface area contributed by atoms with E-state index in [9.17, 15) is 13.2 Å². The lowest BCUT2D eigenvalue weighted by atomic mass is 9.98. The van der Waals surface area contributed by atoms with Gasteiger partial charge in [0.15, 0.2) is 0 Å². The van der Waals surface area contributed by atoms with E-state index in [0.717, 1.165) is 23.9 Å². The Hall–Kier alpha value is -2.12. The molecule has 1 aliphatic heterocycles. The molecule has 1 atom stereocenters. The van der Waals surface area contributed by atoms with Crippen molar-refractivity contribution in [3.63, 3.8) is 0 Å². The van der Waals surface area contributed by atoms with E-state index in [2.05, 4.69) is 17.4 Å². The van der Waals surface area contributed by atoms with Gasteiger partial charge in [-0.1, -0.05) is 53.5 Å². The number of benzene rings is 3. The van der Waals surface area contributed by atoms with Crippen molar-refractivity contribution in [2.75, 3.05) is 18.4 Å². The second-order valence-corrected chi connectivity index (χ2v) is 11.5. The molecule has 5 nitrogen and oxygen atoms in total. The van der Waals surface area contributed by atoms with E-state index >= 15 is 0 Å². The van der Waals surface area contributed by atoms with Crippen LogP contribution in [-0.4, -0.2) is 31.7 Å². The number of rotatable bonds is 5. The standard InChI is InChI=1S/C25H24Cl2N2O3S/c26-21-7-2-8-22(27)20(21)15-33(31,32)29-13-3-5-18(14-29)25(30)28-23-12-11-17-10-9-16-4-1-6-19(23)24(16)17/h1-2,4,6-8,11-12,18H,3,5,9-10,13-15H2,(H,28,30). The number of anilines is 1. The maximum absolute atomic E-state index is 13.2. The lowest BCUT2D eigenvalue weighted by Crippen LogP contribution is -2.44. The van der Waals surface area contributed by atoms with Crippen LogP contribution in [0.4, 0.5) is 5.69 Å². The highest BCUT2D eigenvalue weighted by molar-refractivity contribution is 7.88. The zero-order chi connectivity index (χ0) is 23.2. The number of nitrogens with zero attached hydrogens (tertiary/aromatic N) is 1. The summed E-state index contributed by atoms with van der Waals surface area (Å²) in [6.07, 6.45) is 3.31. The molecule has 1 fully saturated rings. The van der Waals surface area contributed by atoms with Gasteiger partial charge in [-0.25, -0.2) is 12.7 Å². The summed E-state index contributed by atoms with van der Waals surface area (Å²) in [5.74, 6) is -0.850. The number of carbonyl (C=O) groups excluding carboxylic acids is 1. The summed E-state index contributed by atoms with van der Waals surface area (Å²) in [7, 11) is -3.67. The smallest absolute Gasteiger partial charge is 0.228 e. The second-order valence-electron chi connectivity index (χ2n) is 8.75. The topological polar surface area (TPSA) is 66.5 Å². The molecule has 0 spiro atoms. The first kappa shape index (κ1) is 22.7. The van der Waals surface area contributed by atoms with E-state index in [0.29, 0.717) is 35.0 Å². The monoisotopic (exact) mass is 502 g/mol. The van der Waals surface area contributed by atoms with E-state index < -0.39 is 15.9 Å². The summed E-state index contributed by atoms with van der Waals surface area (Å²) in [6, 6.07) is 15.2. The molecule has 1 unspecified atom stereocenters. The number of halogens is 2. The number of carbonyl (C=O) groups is 1. The molecule has 33 heavy (non-hydrogen) atoms. The average molecular weight is 503 g/mol. The Kier molecular flexibility index (Phi) is 6.12. The van der Waals surface area contributed by atoms with Crippen molar-refractivity contribution < 1.29 is 13.2 Å². The first-order chi connectivity index (χ1) is 15.8. The first-order valence-electron chi connectivity index (χ1n) is 11.1. The van der Waals surface area contributed by atoms with Gasteiger partial charge in [0.1, 0.15) is 0 Å². The highest BCUT2D eigenvalue weighted by Gasteiger charge is 2.33. The van der Waals surface area contributed by atoms with Crippen LogP contribution in [0.3, 0.4) is 0 Å². The van der Waals surface area contributed by atoms with Crippen LogP contribution in [-0.2, 0) is 33.4 Å². The summed E-state index contributed by atoms with van der Waals surface area (Å²) in [4.78, 5) is 13.2. The molecule has 5 rings (SSSR count). The van der Waals surface area contributed by atoms with Crippen molar-refractivity contribution in [3.05, 3.63) is 75.3 Å². The predicted molar refractivity (Wildman–Crippen MR) is 133 cm³/mol. The molecule has 1 N–H and O–H groups in total. The van der Waals surface area contributed by atoms with Gasteiger partial charge < -0.3 is 5.32 Å². The van der Waals surface area contributed by atoms with Crippen LogP contribution in [0, 0.1) is 5.92 Å². The van der Waals surface area contributed by atoms with Gasteiger partial charge in [-0.3, -0.25) is 4.79 Å². The molecule has 0 saturated carbocycles. The minimum atomic E-state index is -3.67. The van der Waals surface area contributed by atoms with Crippen molar-refractivity contribution in [1.29, 1.82) is 0 Å². The van der Waals surface area contributed by atoms with Gasteiger partial charge in [0.2, 0.25) is 15.9 Å². The summed E-state index contributed by atoms with van der Waals surface area (Å²) in [5, 5.41) is 6.00. The number of amides is 1. The average Bonchev–Trinajstić information content (AvgIpc) is 3.23. The van der Waals surface area contributed by atoms with Crippen LogP contribution in [0.2, 0.25) is 10.0 Å². The molecule has 0 bridgehead atoms. The fourth-order valence-corrected chi connectivity index (χ4v) is 7.31. The van der Waals surface area contributed by atoms with Gasteiger partial charge in [0.25, 0.3) is 0 Å². The summed E-state index contributed by atoms with van der Waals surface area (Å²) >= 11 is 12.4. The van der Waals surface area contributed by atoms with E-state index in [1.807, 2.05) is 18.2 Å². The number of sulfonamides is 1. The van der Waals surface area contributed by atoms with Gasteiger partial charge in [-0.05, 0) is 60.4 Å². The predicted octanol–water partition coefficient (Wildman–Crippen LogP) is 5.43. The minimum Gasteiger partial charge on any atom is -0.325 e. The number of hydrogen-bond acceptors (Lipinski definition) is 3. The SMILES string of the molecule is O=C(Nc1ccc2c3c(cccc13)CC2)C1CCCN(S(=O)(=O)Cc2c(Cl)cccc2Cl)C1. The van der Waals surface area contributed by atoms with Crippen LogP contribution in [0.5, 0.6) is 0 Å². The Balaban J connectivity index is 1.33. The molecule has 172 valence electrons. The molecule has 8 heteroatoms. The molecule has 1 saturated heterocycles. The Bertz CT molecular complexity index is 1330. The Morgan fingerprint density at radius 2 is 1.70 bits per heavy atom. The number of hydrogen-bond donors (Lipinski definition) is 1. The Morgan fingerprint density at radius 3 is 2.45 bits per heavy atom. The third-order valence-corrected chi connectivity index (χ3v) is 9.15. The zero-order valence-corrected chi connectivity index (χ0v) is 20.3. The fourth-order valence-electron chi connectivity index (χ4n) is 4.94. The fraction of sp³-hybridized carbons (Fsp3) is 0.320. The summed E-state index contributed by atoms with van der Waals surface area (Å²) in [6.45, 7) is 0.534. The third kappa shape index (κ3) is 4.37. The van der Waals surface area contributed by atoms with Crippen molar-refractivity contribution in [2.45, 2.75) is 31.4 Å².